The molecule has 1 aliphatic rings. The van der Waals surface area contributed by atoms with E-state index >= 15 is 0 Å². The molecule has 2 aromatic rings. The minimum atomic E-state index is -0.114. The van der Waals surface area contributed by atoms with Crippen LogP contribution >= 0.6 is 11.3 Å². The molecular formula is C14H15BN4OS. The van der Waals surface area contributed by atoms with Gasteiger partial charge >= 0.3 is 6.03 Å². The van der Waals surface area contributed by atoms with Crippen molar-refractivity contribution in [3.05, 3.63) is 35.7 Å². The van der Waals surface area contributed by atoms with Gasteiger partial charge < -0.3 is 9.71 Å². The number of amides is 2. The van der Waals surface area contributed by atoms with Gasteiger partial charge in [-0.05, 0) is 0 Å². The first-order valence-corrected chi connectivity index (χ1v) is 7.67. The molecule has 0 aliphatic carbocycles. The summed E-state index contributed by atoms with van der Waals surface area (Å²) in [7, 11) is 5.68. The maximum atomic E-state index is 12.1. The third kappa shape index (κ3) is 3.43. The van der Waals surface area contributed by atoms with Gasteiger partial charge in [0.05, 0.1) is 5.69 Å². The van der Waals surface area contributed by atoms with Crippen LogP contribution in [-0.2, 0) is 0 Å². The van der Waals surface area contributed by atoms with Crippen molar-refractivity contribution in [2.45, 2.75) is 0 Å². The summed E-state index contributed by atoms with van der Waals surface area (Å²) in [5.41, 5.74) is 1.92. The second-order valence-electron chi connectivity index (χ2n) is 4.86. The van der Waals surface area contributed by atoms with Crippen LogP contribution in [0.3, 0.4) is 0 Å². The molecule has 2 radical (unpaired) electrons. The van der Waals surface area contributed by atoms with E-state index in [-0.39, 0.29) is 6.03 Å². The number of rotatable bonds is 2. The number of aromatic nitrogens is 1. The summed E-state index contributed by atoms with van der Waals surface area (Å²) in [5.74, 6) is 0. The lowest BCUT2D eigenvalue weighted by Crippen LogP contribution is -2.49. The normalized spacial score (nSPS) is 15.9. The highest BCUT2D eigenvalue weighted by atomic mass is 32.1. The van der Waals surface area contributed by atoms with Gasteiger partial charge in [0.1, 0.15) is 0 Å². The molecule has 1 aliphatic heterocycles. The van der Waals surface area contributed by atoms with Gasteiger partial charge in [-0.3, -0.25) is 5.32 Å². The van der Waals surface area contributed by atoms with E-state index in [9.17, 15) is 4.79 Å². The Labute approximate surface area is 129 Å². The molecule has 0 saturated carbocycles. The molecule has 1 N–H and O–H groups in total. The highest BCUT2D eigenvalue weighted by molar-refractivity contribution is 7.14. The summed E-state index contributed by atoms with van der Waals surface area (Å²) >= 11 is 1.43. The van der Waals surface area contributed by atoms with Crippen molar-refractivity contribution in [1.82, 2.24) is 14.7 Å². The van der Waals surface area contributed by atoms with E-state index < -0.39 is 0 Å². The standard InChI is InChI=1S/C14H15BN4OS/c15-19-8-6-18(7-9-19)14(20)17-13-16-12(10-21-13)11-4-2-1-3-5-11/h1-5,10H,6-9H2,(H,16,17,20). The van der Waals surface area contributed by atoms with Crippen LogP contribution in [0.5, 0.6) is 0 Å². The van der Waals surface area contributed by atoms with Crippen molar-refractivity contribution in [2.24, 2.45) is 0 Å². The number of piperazine rings is 1. The van der Waals surface area contributed by atoms with E-state index in [0.717, 1.165) is 11.3 Å². The number of nitrogens with zero attached hydrogens (tertiary/aromatic N) is 3. The van der Waals surface area contributed by atoms with Crippen LogP contribution in [0.2, 0.25) is 0 Å². The van der Waals surface area contributed by atoms with E-state index in [4.69, 9.17) is 7.98 Å². The third-order valence-electron chi connectivity index (χ3n) is 3.39. The average molecular weight is 298 g/mol. The number of benzene rings is 1. The molecule has 0 atom stereocenters. The Bertz CT molecular complexity index is 610. The lowest BCUT2D eigenvalue weighted by atomic mass is 10.2. The Balaban J connectivity index is 1.63. The largest absolute Gasteiger partial charge is 0.351 e. The van der Waals surface area contributed by atoms with E-state index in [0.29, 0.717) is 31.3 Å². The molecular weight excluding hydrogens is 283 g/mol. The Hall–Kier alpha value is -1.86. The number of nitrogens with one attached hydrogen (secondary N) is 1. The third-order valence-corrected chi connectivity index (χ3v) is 4.15. The van der Waals surface area contributed by atoms with E-state index in [2.05, 4.69) is 10.3 Å². The molecule has 2 heterocycles. The van der Waals surface area contributed by atoms with Gasteiger partial charge in [0.2, 0.25) is 0 Å². The Kier molecular flexibility index (Phi) is 4.22. The minimum absolute atomic E-state index is 0.114. The highest BCUT2D eigenvalue weighted by Gasteiger charge is 2.19. The number of hydrogen-bond donors (Lipinski definition) is 1. The monoisotopic (exact) mass is 298 g/mol. The number of thiazole rings is 1. The maximum Gasteiger partial charge on any atom is 0.323 e. The first-order chi connectivity index (χ1) is 10.2. The van der Waals surface area contributed by atoms with Crippen molar-refractivity contribution in [3.8, 4) is 11.3 Å². The summed E-state index contributed by atoms with van der Waals surface area (Å²) in [6, 6.07) is 9.80. The molecule has 0 unspecified atom stereocenters. The fourth-order valence-corrected chi connectivity index (χ4v) is 2.88. The molecule has 1 fully saturated rings. The molecule has 1 saturated heterocycles. The van der Waals surface area contributed by atoms with E-state index in [1.807, 2.05) is 35.7 Å². The second-order valence-corrected chi connectivity index (χ2v) is 5.72. The summed E-state index contributed by atoms with van der Waals surface area (Å²) in [5, 5.41) is 5.42. The van der Waals surface area contributed by atoms with Crippen molar-refractivity contribution in [1.29, 1.82) is 0 Å². The topological polar surface area (TPSA) is 48.5 Å². The lowest BCUT2D eigenvalue weighted by molar-refractivity contribution is 0.186. The molecule has 2 amide bonds. The van der Waals surface area contributed by atoms with E-state index in [1.165, 1.54) is 11.3 Å². The molecule has 21 heavy (non-hydrogen) atoms. The fraction of sp³-hybridized carbons (Fsp3) is 0.286. The lowest BCUT2D eigenvalue weighted by Gasteiger charge is -2.32. The van der Waals surface area contributed by atoms with Crippen molar-refractivity contribution >= 4 is 30.5 Å². The van der Waals surface area contributed by atoms with Crippen LogP contribution in [0, 0.1) is 0 Å². The minimum Gasteiger partial charge on any atom is -0.351 e. The van der Waals surface area contributed by atoms with Crippen LogP contribution in [0.4, 0.5) is 9.93 Å². The molecule has 0 spiro atoms. The Morgan fingerprint density at radius 1 is 1.19 bits per heavy atom. The Morgan fingerprint density at radius 2 is 1.90 bits per heavy atom. The van der Waals surface area contributed by atoms with Gasteiger partial charge in [0, 0.05) is 37.1 Å². The van der Waals surface area contributed by atoms with Gasteiger partial charge in [-0.1, -0.05) is 30.3 Å². The van der Waals surface area contributed by atoms with Gasteiger partial charge in [-0.25, -0.2) is 9.78 Å². The Morgan fingerprint density at radius 3 is 2.62 bits per heavy atom. The predicted molar refractivity (Wildman–Crippen MR) is 85.5 cm³/mol. The van der Waals surface area contributed by atoms with Gasteiger partial charge in [-0.15, -0.1) is 11.3 Å². The SMILES string of the molecule is [B]N1CCN(C(=O)Nc2nc(-c3ccccc3)cs2)CC1. The molecule has 7 heteroatoms. The second kappa shape index (κ2) is 6.28. The first-order valence-electron chi connectivity index (χ1n) is 6.79. The number of anilines is 1. The maximum absolute atomic E-state index is 12.1. The average Bonchev–Trinajstić information content (AvgIpc) is 2.97. The van der Waals surface area contributed by atoms with Crippen molar-refractivity contribution in [3.63, 3.8) is 0 Å². The number of carbonyl (C=O) groups excluding carboxylic acids is 1. The van der Waals surface area contributed by atoms with Crippen molar-refractivity contribution in [2.75, 3.05) is 31.5 Å². The predicted octanol–water partition coefficient (Wildman–Crippen LogP) is 2.04. The van der Waals surface area contributed by atoms with E-state index in [1.54, 1.807) is 9.71 Å². The zero-order valence-electron chi connectivity index (χ0n) is 11.5. The highest BCUT2D eigenvalue weighted by Crippen LogP contribution is 2.24. The number of urea groups is 1. The van der Waals surface area contributed by atoms with Gasteiger partial charge in [-0.2, -0.15) is 0 Å². The summed E-state index contributed by atoms with van der Waals surface area (Å²) in [4.78, 5) is 20.1. The summed E-state index contributed by atoms with van der Waals surface area (Å²) < 4.78 is 0. The molecule has 5 nitrogen and oxygen atoms in total. The molecule has 0 bridgehead atoms. The van der Waals surface area contributed by atoms with Crippen LogP contribution in [0.15, 0.2) is 35.7 Å². The van der Waals surface area contributed by atoms with Gasteiger partial charge in [0.25, 0.3) is 0 Å². The molecule has 3 rings (SSSR count). The van der Waals surface area contributed by atoms with Crippen LogP contribution in [-0.4, -0.2) is 54.9 Å². The zero-order valence-corrected chi connectivity index (χ0v) is 12.3. The number of carbonyl (C=O) groups is 1. The molecule has 106 valence electrons. The van der Waals surface area contributed by atoms with Crippen LogP contribution in [0.25, 0.3) is 11.3 Å². The smallest absolute Gasteiger partial charge is 0.323 e. The molecule has 1 aromatic carbocycles. The molecule has 1 aromatic heterocycles. The summed E-state index contributed by atoms with van der Waals surface area (Å²) in [6.45, 7) is 2.67. The quantitative estimate of drug-likeness (QED) is 0.863. The van der Waals surface area contributed by atoms with Crippen LogP contribution < -0.4 is 5.32 Å². The van der Waals surface area contributed by atoms with Gasteiger partial charge in [0.15, 0.2) is 13.1 Å². The summed E-state index contributed by atoms with van der Waals surface area (Å²) in [6.07, 6.45) is 0. The first kappa shape index (κ1) is 14.1. The number of hydrogen-bond acceptors (Lipinski definition) is 4. The van der Waals surface area contributed by atoms with Crippen LogP contribution in [0.1, 0.15) is 0 Å². The fourth-order valence-electron chi connectivity index (χ4n) is 2.17. The van der Waals surface area contributed by atoms with Crippen molar-refractivity contribution < 1.29 is 4.79 Å². The zero-order chi connectivity index (χ0) is 14.7.